The molecule has 2 aromatic carbocycles. The van der Waals surface area contributed by atoms with Crippen LogP contribution in [0.2, 0.25) is 0 Å². The van der Waals surface area contributed by atoms with Crippen molar-refractivity contribution in [2.24, 2.45) is 0 Å². The van der Waals surface area contributed by atoms with Gasteiger partial charge in [-0.2, -0.15) is 5.26 Å². The van der Waals surface area contributed by atoms with Crippen molar-refractivity contribution in [3.8, 4) is 6.07 Å². The van der Waals surface area contributed by atoms with E-state index < -0.39 is 0 Å². The van der Waals surface area contributed by atoms with Crippen molar-refractivity contribution in [1.82, 2.24) is 9.97 Å². The standard InChI is InChI=1S/C17H10BrN3O2/c18-11-7-5-10(6-8-11)15(22)13(9-19)16-20-14-4-2-1-3-12(14)17(23)21-16/h1-8,22H,(H,20,21,23). The Balaban J connectivity index is 2.22. The van der Waals surface area contributed by atoms with Gasteiger partial charge in [0.1, 0.15) is 17.4 Å². The van der Waals surface area contributed by atoms with Crippen molar-refractivity contribution < 1.29 is 5.11 Å². The fourth-order valence-corrected chi connectivity index (χ4v) is 2.44. The minimum atomic E-state index is -0.359. The second kappa shape index (κ2) is 6.07. The minimum Gasteiger partial charge on any atom is -0.506 e. The first-order valence-electron chi connectivity index (χ1n) is 6.69. The number of nitrogens with one attached hydrogen (secondary N) is 1. The number of aromatic amines is 1. The van der Waals surface area contributed by atoms with Crippen LogP contribution < -0.4 is 5.56 Å². The van der Waals surface area contributed by atoms with E-state index in [-0.39, 0.29) is 22.7 Å². The largest absolute Gasteiger partial charge is 0.506 e. The van der Waals surface area contributed by atoms with E-state index in [2.05, 4.69) is 25.9 Å². The number of nitriles is 1. The molecule has 112 valence electrons. The first-order valence-corrected chi connectivity index (χ1v) is 7.48. The van der Waals surface area contributed by atoms with Gasteiger partial charge in [-0.3, -0.25) is 4.79 Å². The zero-order valence-electron chi connectivity index (χ0n) is 11.7. The molecular formula is C17H10BrN3O2. The van der Waals surface area contributed by atoms with Gasteiger partial charge in [-0.1, -0.05) is 40.2 Å². The molecular weight excluding hydrogens is 358 g/mol. The Labute approximate surface area is 139 Å². The average Bonchev–Trinajstić information content (AvgIpc) is 2.56. The van der Waals surface area contributed by atoms with Crippen molar-refractivity contribution in [2.75, 3.05) is 0 Å². The molecule has 0 aliphatic heterocycles. The normalized spacial score (nSPS) is 11.8. The number of para-hydroxylation sites is 1. The maximum Gasteiger partial charge on any atom is 0.259 e. The van der Waals surface area contributed by atoms with Crippen LogP contribution >= 0.6 is 15.9 Å². The molecule has 6 heteroatoms. The Bertz CT molecular complexity index is 1010. The Kier molecular flexibility index (Phi) is 3.96. The number of hydrogen-bond acceptors (Lipinski definition) is 4. The van der Waals surface area contributed by atoms with Crippen LogP contribution in [-0.2, 0) is 0 Å². The number of H-pyrrole nitrogens is 1. The van der Waals surface area contributed by atoms with E-state index in [1.54, 1.807) is 48.5 Å². The number of nitrogens with zero attached hydrogens (tertiary/aromatic N) is 2. The smallest absolute Gasteiger partial charge is 0.259 e. The number of fused-ring (bicyclic) bond motifs is 1. The van der Waals surface area contributed by atoms with Crippen LogP contribution in [-0.4, -0.2) is 15.1 Å². The highest BCUT2D eigenvalue weighted by Crippen LogP contribution is 2.23. The molecule has 0 aliphatic carbocycles. The van der Waals surface area contributed by atoms with Crippen LogP contribution in [0.5, 0.6) is 0 Å². The van der Waals surface area contributed by atoms with Gasteiger partial charge in [0.25, 0.3) is 5.56 Å². The maximum atomic E-state index is 12.1. The van der Waals surface area contributed by atoms with E-state index in [1.165, 1.54) is 0 Å². The molecule has 23 heavy (non-hydrogen) atoms. The van der Waals surface area contributed by atoms with Crippen LogP contribution in [0.25, 0.3) is 22.2 Å². The average molecular weight is 368 g/mol. The van der Waals surface area contributed by atoms with E-state index in [1.807, 2.05) is 6.07 Å². The molecule has 0 spiro atoms. The van der Waals surface area contributed by atoms with Crippen LogP contribution in [0.4, 0.5) is 0 Å². The predicted molar refractivity (Wildman–Crippen MR) is 91.6 cm³/mol. The van der Waals surface area contributed by atoms with Gasteiger partial charge in [0.05, 0.1) is 10.9 Å². The van der Waals surface area contributed by atoms with Gasteiger partial charge in [-0.05, 0) is 24.3 Å². The molecule has 0 bridgehead atoms. The van der Waals surface area contributed by atoms with Crippen LogP contribution in [0.15, 0.2) is 57.8 Å². The number of aliphatic hydroxyl groups excluding tert-OH is 1. The van der Waals surface area contributed by atoms with Gasteiger partial charge < -0.3 is 10.1 Å². The first-order chi connectivity index (χ1) is 11.1. The Hall–Kier alpha value is -2.91. The van der Waals surface area contributed by atoms with Gasteiger partial charge in [0.2, 0.25) is 0 Å². The predicted octanol–water partition coefficient (Wildman–Crippen LogP) is 3.64. The monoisotopic (exact) mass is 367 g/mol. The van der Waals surface area contributed by atoms with E-state index >= 15 is 0 Å². The summed E-state index contributed by atoms with van der Waals surface area (Å²) in [7, 11) is 0. The Morgan fingerprint density at radius 3 is 2.57 bits per heavy atom. The van der Waals surface area contributed by atoms with Gasteiger partial charge in [-0.15, -0.1) is 0 Å². The lowest BCUT2D eigenvalue weighted by Crippen LogP contribution is -2.11. The third kappa shape index (κ3) is 2.87. The molecule has 2 N–H and O–H groups in total. The second-order valence-electron chi connectivity index (χ2n) is 4.77. The summed E-state index contributed by atoms with van der Waals surface area (Å²) in [5.41, 5.74) is 0.472. The van der Waals surface area contributed by atoms with E-state index in [0.29, 0.717) is 16.5 Å². The van der Waals surface area contributed by atoms with E-state index in [9.17, 15) is 15.2 Å². The summed E-state index contributed by atoms with van der Waals surface area (Å²) in [5.74, 6) is -0.199. The third-order valence-electron chi connectivity index (χ3n) is 3.32. The highest BCUT2D eigenvalue weighted by molar-refractivity contribution is 9.10. The molecule has 0 fully saturated rings. The summed E-state index contributed by atoms with van der Waals surface area (Å²) in [5, 5.41) is 20.2. The number of hydrogen-bond donors (Lipinski definition) is 2. The minimum absolute atomic E-state index is 0.0385. The summed E-state index contributed by atoms with van der Waals surface area (Å²) in [6, 6.07) is 15.5. The summed E-state index contributed by atoms with van der Waals surface area (Å²) >= 11 is 3.31. The molecule has 0 unspecified atom stereocenters. The zero-order valence-corrected chi connectivity index (χ0v) is 13.3. The number of aromatic nitrogens is 2. The molecule has 0 aliphatic rings. The van der Waals surface area contributed by atoms with Crippen LogP contribution in [0.3, 0.4) is 0 Å². The van der Waals surface area contributed by atoms with Gasteiger partial charge >= 0.3 is 0 Å². The second-order valence-corrected chi connectivity index (χ2v) is 5.69. The number of aliphatic hydroxyl groups is 1. The number of rotatable bonds is 2. The van der Waals surface area contributed by atoms with Crippen molar-refractivity contribution in [3.05, 3.63) is 74.7 Å². The molecule has 0 amide bonds. The van der Waals surface area contributed by atoms with Gasteiger partial charge in [-0.25, -0.2) is 4.98 Å². The lowest BCUT2D eigenvalue weighted by Gasteiger charge is -2.05. The third-order valence-corrected chi connectivity index (χ3v) is 3.84. The lowest BCUT2D eigenvalue weighted by atomic mass is 10.1. The van der Waals surface area contributed by atoms with Gasteiger partial charge in [0, 0.05) is 10.0 Å². The number of allylic oxidation sites excluding steroid dienone is 1. The van der Waals surface area contributed by atoms with Crippen LogP contribution in [0, 0.1) is 11.3 Å². The summed E-state index contributed by atoms with van der Waals surface area (Å²) in [6.07, 6.45) is 0. The first kappa shape index (κ1) is 15.0. The topological polar surface area (TPSA) is 89.8 Å². The van der Waals surface area contributed by atoms with E-state index in [4.69, 9.17) is 0 Å². The van der Waals surface area contributed by atoms with Gasteiger partial charge in [0.15, 0.2) is 5.82 Å². The summed E-state index contributed by atoms with van der Waals surface area (Å²) < 4.78 is 0.852. The molecule has 0 atom stereocenters. The highest BCUT2D eigenvalue weighted by atomic mass is 79.9. The van der Waals surface area contributed by atoms with E-state index in [0.717, 1.165) is 4.47 Å². The van der Waals surface area contributed by atoms with Crippen molar-refractivity contribution >= 4 is 38.2 Å². The van der Waals surface area contributed by atoms with Crippen LogP contribution in [0.1, 0.15) is 11.4 Å². The molecule has 0 saturated heterocycles. The Morgan fingerprint density at radius 1 is 1.17 bits per heavy atom. The molecule has 3 rings (SSSR count). The van der Waals surface area contributed by atoms with Crippen molar-refractivity contribution in [3.63, 3.8) is 0 Å². The zero-order chi connectivity index (χ0) is 16.4. The SMILES string of the molecule is N#CC(=C(O)c1ccc(Br)cc1)c1nc2ccccc2c(=O)[nH]1. The molecule has 0 radical (unpaired) electrons. The summed E-state index contributed by atoms with van der Waals surface area (Å²) in [6.45, 7) is 0. The number of halogens is 1. The molecule has 0 saturated carbocycles. The van der Waals surface area contributed by atoms with Crippen molar-refractivity contribution in [2.45, 2.75) is 0 Å². The molecule has 1 heterocycles. The fourth-order valence-electron chi connectivity index (χ4n) is 2.17. The quantitative estimate of drug-likeness (QED) is 0.534. The highest BCUT2D eigenvalue weighted by Gasteiger charge is 2.14. The lowest BCUT2D eigenvalue weighted by molar-refractivity contribution is 0.513. The molecule has 5 nitrogen and oxygen atoms in total. The summed E-state index contributed by atoms with van der Waals surface area (Å²) in [4.78, 5) is 18.9. The molecule has 3 aromatic rings. The number of benzene rings is 2. The van der Waals surface area contributed by atoms with Crippen molar-refractivity contribution in [1.29, 1.82) is 5.26 Å². The fraction of sp³-hybridized carbons (Fsp3) is 0. The molecule has 1 aromatic heterocycles. The maximum absolute atomic E-state index is 12.1. The Morgan fingerprint density at radius 2 is 1.87 bits per heavy atom.